The summed E-state index contributed by atoms with van der Waals surface area (Å²) in [7, 11) is -3.59. The van der Waals surface area contributed by atoms with Crippen LogP contribution < -0.4 is 9.62 Å². The van der Waals surface area contributed by atoms with Crippen molar-refractivity contribution in [2.24, 2.45) is 0 Å². The highest BCUT2D eigenvalue weighted by Gasteiger charge is 2.31. The van der Waals surface area contributed by atoms with Crippen molar-refractivity contribution in [1.82, 2.24) is 10.2 Å². The third-order valence-corrected chi connectivity index (χ3v) is 7.54. The van der Waals surface area contributed by atoms with Crippen molar-refractivity contribution in [3.8, 4) is 0 Å². The molecule has 37 heavy (non-hydrogen) atoms. The van der Waals surface area contributed by atoms with Gasteiger partial charge in [-0.25, -0.2) is 8.42 Å². The van der Waals surface area contributed by atoms with Gasteiger partial charge in [0.1, 0.15) is 6.04 Å². The number of halogens is 3. The summed E-state index contributed by atoms with van der Waals surface area (Å²) < 4.78 is 26.1. The summed E-state index contributed by atoms with van der Waals surface area (Å²) in [5.74, 6) is -0.557. The van der Waals surface area contributed by atoms with Crippen molar-refractivity contribution in [1.29, 1.82) is 0 Å². The minimum Gasteiger partial charge on any atom is -0.350 e. The van der Waals surface area contributed by atoms with Crippen LogP contribution in [0.15, 0.2) is 42.5 Å². The van der Waals surface area contributed by atoms with E-state index in [1.165, 1.54) is 9.21 Å². The number of sulfonamides is 1. The SMILES string of the molecule is CC[C@H](C(=O)NC(C)(C)C)N(Cc1ccc(Cl)cc1Cl)C(=O)CCCN(c1ccc(Cl)cc1)S(C)(=O)=O. The number of benzene rings is 2. The number of hydrogen-bond donors (Lipinski definition) is 1. The number of anilines is 1. The molecule has 0 aromatic heterocycles. The highest BCUT2D eigenvalue weighted by molar-refractivity contribution is 7.92. The summed E-state index contributed by atoms with van der Waals surface area (Å²) in [4.78, 5) is 28.1. The molecule has 0 saturated carbocycles. The van der Waals surface area contributed by atoms with Crippen molar-refractivity contribution in [2.45, 2.75) is 65.1 Å². The Morgan fingerprint density at radius 1 is 1.00 bits per heavy atom. The number of rotatable bonds is 11. The smallest absolute Gasteiger partial charge is 0.243 e. The van der Waals surface area contributed by atoms with Crippen LogP contribution in [0.5, 0.6) is 0 Å². The standard InChI is InChI=1S/C26H34Cl3N3O4S/c1-6-23(25(34)30-26(2,3)4)31(17-18-9-10-20(28)16-22(18)29)24(33)8-7-15-32(37(5,35)36)21-13-11-19(27)12-14-21/h9-14,16,23H,6-8,15,17H2,1-5H3,(H,30,34)/t23-/m1/s1. The Morgan fingerprint density at radius 2 is 1.59 bits per heavy atom. The molecule has 11 heteroatoms. The summed E-state index contributed by atoms with van der Waals surface area (Å²) in [6.07, 6.45) is 1.78. The molecule has 0 radical (unpaired) electrons. The molecule has 0 spiro atoms. The maximum Gasteiger partial charge on any atom is 0.243 e. The zero-order valence-electron chi connectivity index (χ0n) is 21.7. The topological polar surface area (TPSA) is 86.8 Å². The molecule has 1 atom stereocenters. The zero-order chi connectivity index (χ0) is 28.0. The highest BCUT2D eigenvalue weighted by Crippen LogP contribution is 2.25. The lowest BCUT2D eigenvalue weighted by Gasteiger charge is -2.33. The summed E-state index contributed by atoms with van der Waals surface area (Å²) in [6, 6.07) is 10.7. The van der Waals surface area contributed by atoms with Gasteiger partial charge in [-0.15, -0.1) is 0 Å². The summed E-state index contributed by atoms with van der Waals surface area (Å²) in [5, 5.41) is 4.30. The number of nitrogens with zero attached hydrogens (tertiary/aromatic N) is 2. The van der Waals surface area contributed by atoms with Crippen molar-refractivity contribution in [3.05, 3.63) is 63.1 Å². The van der Waals surface area contributed by atoms with Crippen molar-refractivity contribution in [3.63, 3.8) is 0 Å². The first-order valence-corrected chi connectivity index (χ1v) is 14.9. The van der Waals surface area contributed by atoms with Crippen LogP contribution in [0.25, 0.3) is 0 Å². The van der Waals surface area contributed by atoms with Crippen LogP contribution in [-0.4, -0.2) is 49.5 Å². The fourth-order valence-electron chi connectivity index (χ4n) is 3.82. The minimum absolute atomic E-state index is 0.0319. The second-order valence-corrected chi connectivity index (χ2v) is 13.0. The van der Waals surface area contributed by atoms with Crippen molar-refractivity contribution < 1.29 is 18.0 Å². The zero-order valence-corrected chi connectivity index (χ0v) is 24.8. The predicted molar refractivity (Wildman–Crippen MR) is 152 cm³/mol. The molecule has 204 valence electrons. The third-order valence-electron chi connectivity index (χ3n) is 5.51. The van der Waals surface area contributed by atoms with Gasteiger partial charge < -0.3 is 10.2 Å². The molecule has 0 aliphatic rings. The molecule has 0 fully saturated rings. The van der Waals surface area contributed by atoms with Gasteiger partial charge in [0.2, 0.25) is 21.8 Å². The fourth-order valence-corrected chi connectivity index (χ4v) is 5.38. The van der Waals surface area contributed by atoms with Gasteiger partial charge in [-0.05, 0) is 75.6 Å². The highest BCUT2D eigenvalue weighted by atomic mass is 35.5. The van der Waals surface area contributed by atoms with Gasteiger partial charge in [-0.3, -0.25) is 13.9 Å². The average molecular weight is 591 g/mol. The Balaban J connectivity index is 2.27. The van der Waals surface area contributed by atoms with E-state index in [4.69, 9.17) is 34.8 Å². The molecule has 0 aliphatic heterocycles. The largest absolute Gasteiger partial charge is 0.350 e. The molecule has 0 heterocycles. The van der Waals surface area contributed by atoms with E-state index in [1.54, 1.807) is 42.5 Å². The molecule has 2 amide bonds. The number of amides is 2. The Bertz CT molecular complexity index is 1200. The Hall–Kier alpha value is -2.00. The summed E-state index contributed by atoms with van der Waals surface area (Å²) >= 11 is 18.4. The molecule has 0 saturated heterocycles. The average Bonchev–Trinajstić information content (AvgIpc) is 2.76. The van der Waals surface area contributed by atoms with Gasteiger partial charge in [0.25, 0.3) is 0 Å². The number of carbonyl (C=O) groups is 2. The first kappa shape index (κ1) is 31.2. The number of carbonyl (C=O) groups excluding carboxylic acids is 2. The van der Waals surface area contributed by atoms with Gasteiger partial charge in [0.05, 0.1) is 11.9 Å². The molecular formula is C26H34Cl3N3O4S. The lowest BCUT2D eigenvalue weighted by molar-refractivity contribution is -0.142. The molecule has 0 unspecified atom stereocenters. The van der Waals surface area contributed by atoms with E-state index in [0.717, 1.165) is 6.26 Å². The van der Waals surface area contributed by atoms with Gasteiger partial charge in [0.15, 0.2) is 0 Å². The number of hydrogen-bond acceptors (Lipinski definition) is 4. The van der Waals surface area contributed by atoms with Gasteiger partial charge >= 0.3 is 0 Å². The van der Waals surface area contributed by atoms with Crippen LogP contribution in [0, 0.1) is 0 Å². The quantitative estimate of drug-likeness (QED) is 0.352. The fraction of sp³-hybridized carbons (Fsp3) is 0.462. The lowest BCUT2D eigenvalue weighted by Crippen LogP contribution is -2.53. The van der Waals surface area contributed by atoms with E-state index in [2.05, 4.69) is 5.32 Å². The van der Waals surface area contributed by atoms with Gasteiger partial charge in [-0.1, -0.05) is 47.8 Å². The van der Waals surface area contributed by atoms with E-state index >= 15 is 0 Å². The summed E-state index contributed by atoms with van der Waals surface area (Å²) in [5.41, 5.74) is 0.631. The maximum absolute atomic E-state index is 13.5. The van der Waals surface area contributed by atoms with E-state index in [0.29, 0.717) is 32.7 Å². The van der Waals surface area contributed by atoms with E-state index in [-0.39, 0.29) is 37.7 Å². The van der Waals surface area contributed by atoms with E-state index in [1.807, 2.05) is 27.7 Å². The molecule has 0 bridgehead atoms. The van der Waals surface area contributed by atoms with Crippen molar-refractivity contribution >= 4 is 62.3 Å². The normalized spacial score (nSPS) is 12.6. The lowest BCUT2D eigenvalue weighted by atomic mass is 10.0. The van der Waals surface area contributed by atoms with Crippen LogP contribution in [-0.2, 0) is 26.2 Å². The molecule has 0 aliphatic carbocycles. The monoisotopic (exact) mass is 589 g/mol. The Kier molecular flexibility index (Phi) is 11.1. The van der Waals surface area contributed by atoms with Crippen LogP contribution >= 0.6 is 34.8 Å². The first-order chi connectivity index (χ1) is 17.1. The maximum atomic E-state index is 13.5. The van der Waals surface area contributed by atoms with Crippen LogP contribution in [0.2, 0.25) is 15.1 Å². The summed E-state index contributed by atoms with van der Waals surface area (Å²) in [6.45, 7) is 7.65. The van der Waals surface area contributed by atoms with Crippen LogP contribution in [0.4, 0.5) is 5.69 Å². The second-order valence-electron chi connectivity index (χ2n) is 9.84. The minimum atomic E-state index is -3.59. The van der Waals surface area contributed by atoms with Gasteiger partial charge in [-0.2, -0.15) is 0 Å². The second kappa shape index (κ2) is 13.2. The molecule has 2 aromatic rings. The molecular weight excluding hydrogens is 557 g/mol. The molecule has 1 N–H and O–H groups in total. The molecule has 2 aromatic carbocycles. The first-order valence-electron chi connectivity index (χ1n) is 11.9. The van der Waals surface area contributed by atoms with E-state index < -0.39 is 21.6 Å². The van der Waals surface area contributed by atoms with Gasteiger partial charge in [0, 0.05) is 40.1 Å². The Labute approximate surface area is 235 Å². The number of nitrogens with one attached hydrogen (secondary N) is 1. The van der Waals surface area contributed by atoms with Crippen molar-refractivity contribution in [2.75, 3.05) is 17.1 Å². The van der Waals surface area contributed by atoms with E-state index in [9.17, 15) is 18.0 Å². The Morgan fingerprint density at radius 3 is 2.11 bits per heavy atom. The predicted octanol–water partition coefficient (Wildman–Crippen LogP) is 5.92. The third kappa shape index (κ3) is 9.67. The van der Waals surface area contributed by atoms with Crippen LogP contribution in [0.3, 0.4) is 0 Å². The molecule has 2 rings (SSSR count). The molecule has 7 nitrogen and oxygen atoms in total. The van der Waals surface area contributed by atoms with Crippen LogP contribution in [0.1, 0.15) is 52.5 Å².